The van der Waals surface area contributed by atoms with E-state index in [1.54, 1.807) is 7.11 Å². The van der Waals surface area contributed by atoms with Crippen molar-refractivity contribution < 1.29 is 4.74 Å². The molecule has 3 aromatic rings. The maximum atomic E-state index is 5.41. The third-order valence-corrected chi connectivity index (χ3v) is 12.7. The van der Waals surface area contributed by atoms with E-state index in [4.69, 9.17) is 4.74 Å². The van der Waals surface area contributed by atoms with E-state index in [1.807, 2.05) is 0 Å². The fraction of sp³-hybridized carbons (Fsp3) is 0.290. The zero-order valence-corrected chi connectivity index (χ0v) is 22.0. The van der Waals surface area contributed by atoms with Gasteiger partial charge in [-0.05, 0) is 77.3 Å². The zero-order valence-electron chi connectivity index (χ0n) is 21.0. The average molecular weight is 479 g/mol. The fourth-order valence-corrected chi connectivity index (χ4v) is 11.9. The Labute approximate surface area is 210 Å². The minimum Gasteiger partial charge on any atom is -0.497 e. The highest BCUT2D eigenvalue weighted by Gasteiger charge is 2.53. The summed E-state index contributed by atoms with van der Waals surface area (Å²) in [6.45, 7) is 7.68. The second-order valence-corrected chi connectivity index (χ2v) is 15.2. The van der Waals surface area contributed by atoms with Crippen molar-refractivity contribution in [2.75, 3.05) is 17.0 Å². The van der Waals surface area contributed by atoms with Crippen molar-refractivity contribution in [3.8, 4) is 5.75 Å². The number of methoxy groups -OCH3 is 1. The molecule has 0 bridgehead atoms. The number of nitrogens with zero attached hydrogens (tertiary/aromatic N) is 1. The van der Waals surface area contributed by atoms with Crippen LogP contribution in [0.25, 0.3) is 5.57 Å². The van der Waals surface area contributed by atoms with Crippen LogP contribution in [0.5, 0.6) is 5.75 Å². The first-order chi connectivity index (χ1) is 17.0. The number of hydrogen-bond acceptors (Lipinski definition) is 3. The van der Waals surface area contributed by atoms with Crippen LogP contribution in [0.4, 0.5) is 22.7 Å². The van der Waals surface area contributed by atoms with Crippen LogP contribution in [0, 0.1) is 17.8 Å². The first-order valence-electron chi connectivity index (χ1n) is 12.8. The molecule has 3 aromatic carbocycles. The lowest BCUT2D eigenvalue weighted by molar-refractivity contribution is 0.414. The summed E-state index contributed by atoms with van der Waals surface area (Å²) in [7, 11) is -0.261. The highest BCUT2D eigenvalue weighted by molar-refractivity contribution is 6.84. The number of benzene rings is 3. The molecule has 0 radical (unpaired) electrons. The van der Waals surface area contributed by atoms with Gasteiger partial charge in [-0.1, -0.05) is 74.6 Å². The number of ether oxygens (including phenoxy) is 1. The van der Waals surface area contributed by atoms with Crippen LogP contribution in [-0.4, -0.2) is 15.3 Å². The van der Waals surface area contributed by atoms with Gasteiger partial charge in [-0.3, -0.25) is 0 Å². The number of allylic oxidation sites excluding steroid dienone is 4. The van der Waals surface area contributed by atoms with Gasteiger partial charge in [0.1, 0.15) is 5.75 Å². The maximum Gasteiger partial charge on any atom is 0.160 e. The van der Waals surface area contributed by atoms with Crippen molar-refractivity contribution in [3.63, 3.8) is 0 Å². The highest BCUT2D eigenvalue weighted by atomic mass is 28.3. The summed E-state index contributed by atoms with van der Waals surface area (Å²) >= 11 is 0. The summed E-state index contributed by atoms with van der Waals surface area (Å²) in [5, 5.41) is 3.69. The SMILES string of the molecule is COc1ccc(C2=CC=C[C@@H]3C([Si](C)(C)N4c5ccccc5Nc5ccccc54)[C@H](C)C[C@H]23)cc1. The lowest BCUT2D eigenvalue weighted by Gasteiger charge is -2.49. The van der Waals surface area contributed by atoms with E-state index >= 15 is 0 Å². The smallest absolute Gasteiger partial charge is 0.160 e. The molecular weight excluding hydrogens is 444 g/mol. The fourth-order valence-electron chi connectivity index (χ4n) is 7.19. The summed E-state index contributed by atoms with van der Waals surface area (Å²) in [5.41, 5.74) is 8.54. The average Bonchev–Trinajstić information content (AvgIpc) is 3.23. The van der Waals surface area contributed by atoms with Gasteiger partial charge in [-0.25, -0.2) is 0 Å². The van der Waals surface area contributed by atoms with E-state index in [0.717, 1.165) is 5.75 Å². The number of para-hydroxylation sites is 4. The molecular formula is C31H34N2OSi. The number of rotatable bonds is 4. The predicted molar refractivity (Wildman–Crippen MR) is 150 cm³/mol. The van der Waals surface area contributed by atoms with E-state index in [1.165, 1.54) is 40.3 Å². The van der Waals surface area contributed by atoms with Crippen LogP contribution in [0.15, 0.2) is 91.0 Å². The van der Waals surface area contributed by atoms with Gasteiger partial charge in [0.2, 0.25) is 0 Å². The summed E-state index contributed by atoms with van der Waals surface area (Å²) in [5.74, 6) is 2.70. The molecule has 1 unspecified atom stereocenters. The third-order valence-electron chi connectivity index (χ3n) is 8.50. The molecule has 0 saturated heterocycles. The molecule has 1 N–H and O–H groups in total. The Hall–Kier alpha value is -3.24. The monoisotopic (exact) mass is 478 g/mol. The Kier molecular flexibility index (Phi) is 5.37. The first-order valence-corrected chi connectivity index (χ1v) is 15.8. The summed E-state index contributed by atoms with van der Waals surface area (Å²) in [6, 6.07) is 26.3. The predicted octanol–water partition coefficient (Wildman–Crippen LogP) is 8.39. The molecule has 3 nitrogen and oxygen atoms in total. The van der Waals surface area contributed by atoms with Crippen LogP contribution in [0.1, 0.15) is 18.9 Å². The second kappa shape index (κ2) is 8.45. The number of hydrogen-bond donors (Lipinski definition) is 1. The topological polar surface area (TPSA) is 24.5 Å². The zero-order chi connectivity index (χ0) is 24.2. The normalized spacial score (nSPS) is 24.7. The molecule has 0 amide bonds. The minimum absolute atomic E-state index is 0.558. The Balaban J connectivity index is 1.40. The number of anilines is 4. The molecule has 1 heterocycles. The molecule has 2 aliphatic carbocycles. The molecule has 4 atom stereocenters. The quantitative estimate of drug-likeness (QED) is 0.381. The van der Waals surface area contributed by atoms with Crippen LogP contribution in [0.2, 0.25) is 18.6 Å². The summed E-state index contributed by atoms with van der Waals surface area (Å²) in [4.78, 5) is 0. The minimum atomic E-state index is -1.99. The van der Waals surface area contributed by atoms with E-state index in [0.29, 0.717) is 23.3 Å². The van der Waals surface area contributed by atoms with Gasteiger partial charge in [0.25, 0.3) is 0 Å². The van der Waals surface area contributed by atoms with Crippen molar-refractivity contribution >= 4 is 36.6 Å². The largest absolute Gasteiger partial charge is 0.497 e. The first kappa shape index (κ1) is 22.2. The van der Waals surface area contributed by atoms with Crippen LogP contribution in [0.3, 0.4) is 0 Å². The third kappa shape index (κ3) is 3.54. The second-order valence-electron chi connectivity index (χ2n) is 10.8. The van der Waals surface area contributed by atoms with Crippen molar-refractivity contribution in [1.82, 2.24) is 0 Å². The molecule has 1 saturated carbocycles. The van der Waals surface area contributed by atoms with E-state index in [9.17, 15) is 0 Å². The van der Waals surface area contributed by atoms with Crippen molar-refractivity contribution in [3.05, 3.63) is 96.6 Å². The van der Waals surface area contributed by atoms with E-state index < -0.39 is 8.24 Å². The standard InChI is InChI=1S/C31H34N2OSi/c1-21-20-26-24(22-16-18-23(34-2)19-17-22)10-9-11-25(26)31(21)35(3,4)33-29-14-7-5-12-27(29)32-28-13-6-8-15-30(28)33/h5-19,21,25-26,31-32H,20H2,1-4H3/t21-,25+,26-,31?/m1/s1. The Morgan fingerprint density at radius 1 is 0.886 bits per heavy atom. The van der Waals surface area contributed by atoms with Gasteiger partial charge in [-0.2, -0.15) is 0 Å². The summed E-state index contributed by atoms with van der Waals surface area (Å²) < 4.78 is 8.15. The van der Waals surface area contributed by atoms with Crippen LogP contribution in [-0.2, 0) is 0 Å². The molecule has 6 rings (SSSR count). The molecule has 4 heteroatoms. The van der Waals surface area contributed by atoms with Gasteiger partial charge in [-0.15, -0.1) is 0 Å². The van der Waals surface area contributed by atoms with Gasteiger partial charge < -0.3 is 14.6 Å². The summed E-state index contributed by atoms with van der Waals surface area (Å²) in [6.07, 6.45) is 8.42. The molecule has 0 aromatic heterocycles. The molecule has 1 aliphatic heterocycles. The Morgan fingerprint density at radius 2 is 1.51 bits per heavy atom. The Bertz CT molecular complexity index is 1260. The van der Waals surface area contributed by atoms with Gasteiger partial charge in [0.05, 0.1) is 29.9 Å². The number of fused-ring (bicyclic) bond motifs is 3. The molecule has 1 fully saturated rings. The van der Waals surface area contributed by atoms with Crippen molar-refractivity contribution in [2.45, 2.75) is 32.0 Å². The van der Waals surface area contributed by atoms with Crippen molar-refractivity contribution in [1.29, 1.82) is 0 Å². The van der Waals surface area contributed by atoms with Gasteiger partial charge >= 0.3 is 0 Å². The van der Waals surface area contributed by atoms with Crippen LogP contribution >= 0.6 is 0 Å². The molecule has 3 aliphatic rings. The molecule has 0 spiro atoms. The van der Waals surface area contributed by atoms with Crippen molar-refractivity contribution in [2.24, 2.45) is 17.8 Å². The maximum absolute atomic E-state index is 5.41. The lowest BCUT2D eigenvalue weighted by atomic mass is 9.81. The van der Waals surface area contributed by atoms with Gasteiger partial charge in [0, 0.05) is 0 Å². The molecule has 178 valence electrons. The van der Waals surface area contributed by atoms with Crippen LogP contribution < -0.4 is 14.6 Å². The van der Waals surface area contributed by atoms with E-state index in [-0.39, 0.29) is 0 Å². The highest BCUT2D eigenvalue weighted by Crippen LogP contribution is 2.59. The molecule has 35 heavy (non-hydrogen) atoms. The van der Waals surface area contributed by atoms with Gasteiger partial charge in [0.15, 0.2) is 8.24 Å². The van der Waals surface area contributed by atoms with E-state index in [2.05, 4.69) is 121 Å². The lowest BCUT2D eigenvalue weighted by Crippen LogP contribution is -2.53. The number of nitrogens with one attached hydrogen (secondary N) is 1. The Morgan fingerprint density at radius 3 is 2.14 bits per heavy atom.